The second kappa shape index (κ2) is 10.2. The fraction of sp³-hybridized carbons (Fsp3) is 0.917. The molecule has 3 heterocycles. The van der Waals surface area contributed by atoms with Crippen LogP contribution in [0.2, 0.25) is 0 Å². The first-order chi connectivity index (χ1) is 17.0. The van der Waals surface area contributed by atoms with Crippen molar-refractivity contribution in [3.8, 4) is 0 Å². The first kappa shape index (κ1) is 26.5. The number of fused-ring (bicyclic) bond motifs is 3. The molecule has 0 radical (unpaired) electrons. The van der Waals surface area contributed by atoms with Crippen LogP contribution in [0.5, 0.6) is 0 Å². The van der Waals surface area contributed by atoms with Crippen LogP contribution in [0.1, 0.15) is 57.8 Å². The summed E-state index contributed by atoms with van der Waals surface area (Å²) in [5.41, 5.74) is 3.30. The van der Waals surface area contributed by atoms with Crippen molar-refractivity contribution in [2.24, 2.45) is 17.8 Å². The lowest BCUT2D eigenvalue weighted by molar-refractivity contribution is -0.204. The molecule has 3 N–H and O–H groups in total. The van der Waals surface area contributed by atoms with Gasteiger partial charge in [-0.3, -0.25) is 19.8 Å². The van der Waals surface area contributed by atoms with Crippen LogP contribution in [-0.4, -0.2) is 93.9 Å². The van der Waals surface area contributed by atoms with Gasteiger partial charge in [-0.25, -0.2) is 10.4 Å². The fourth-order valence-electron chi connectivity index (χ4n) is 7.47. The van der Waals surface area contributed by atoms with Crippen molar-refractivity contribution in [1.82, 2.24) is 25.6 Å². The molecule has 36 heavy (non-hydrogen) atoms. The van der Waals surface area contributed by atoms with Gasteiger partial charge in [0, 0.05) is 44.1 Å². The number of hydrogen-bond donors (Lipinski definition) is 3. The lowest BCUT2D eigenvalue weighted by Gasteiger charge is -2.53. The maximum atomic E-state index is 14.2. The zero-order valence-electron chi connectivity index (χ0n) is 20.6. The number of aliphatic carboxylic acids is 1. The van der Waals surface area contributed by atoms with Crippen LogP contribution in [0.25, 0.3) is 0 Å². The van der Waals surface area contributed by atoms with Gasteiger partial charge in [-0.2, -0.15) is 13.2 Å². The third-order valence-electron chi connectivity index (χ3n) is 9.36. The standard InChI is InChI=1S/C24H37ClF3N5O3/c1-31(22(34)14-9-15(10-14)23(35)36)21(24(26,27)28)13-4-6-16(7-5-13)32-8-2-3-17-18(32)12-29-20-11-19(25)30-33(17)20/h13-21,29-30H,2-12H2,1H3,(H,35,36)/t13?,14?,15?,16?,17?,18?,19?,20?,21-/m0/s1. The Balaban J connectivity index is 1.21. The number of carbonyl (C=O) groups excluding carboxylic acids is 1. The second-order valence-electron chi connectivity index (χ2n) is 11.4. The highest BCUT2D eigenvalue weighted by Gasteiger charge is 2.53. The molecule has 0 spiro atoms. The Morgan fingerprint density at radius 3 is 2.39 bits per heavy atom. The molecule has 3 aliphatic heterocycles. The van der Waals surface area contributed by atoms with E-state index in [0.29, 0.717) is 37.8 Å². The molecule has 2 saturated carbocycles. The number of nitrogens with zero attached hydrogens (tertiary/aromatic N) is 3. The minimum absolute atomic E-state index is 0.0824. The maximum absolute atomic E-state index is 14.2. The van der Waals surface area contributed by atoms with Crippen molar-refractivity contribution in [3.05, 3.63) is 0 Å². The number of carboxylic acids is 1. The monoisotopic (exact) mass is 535 g/mol. The van der Waals surface area contributed by atoms with Gasteiger partial charge in [-0.1, -0.05) is 0 Å². The van der Waals surface area contributed by atoms with Gasteiger partial charge in [0.2, 0.25) is 5.91 Å². The van der Waals surface area contributed by atoms with Crippen LogP contribution < -0.4 is 10.7 Å². The van der Waals surface area contributed by atoms with Gasteiger partial charge in [-0.05, 0) is 63.8 Å². The van der Waals surface area contributed by atoms with Gasteiger partial charge in [0.15, 0.2) is 0 Å². The molecule has 0 bridgehead atoms. The van der Waals surface area contributed by atoms with E-state index in [9.17, 15) is 22.8 Å². The highest BCUT2D eigenvalue weighted by Crippen LogP contribution is 2.43. The molecule has 0 aromatic heterocycles. The Morgan fingerprint density at radius 2 is 1.75 bits per heavy atom. The highest BCUT2D eigenvalue weighted by molar-refractivity contribution is 6.20. The molecule has 5 atom stereocenters. The van der Waals surface area contributed by atoms with Crippen molar-refractivity contribution in [1.29, 1.82) is 0 Å². The number of hydrogen-bond acceptors (Lipinski definition) is 6. The predicted molar refractivity (Wildman–Crippen MR) is 127 cm³/mol. The number of amides is 1. The number of alkyl halides is 4. The summed E-state index contributed by atoms with van der Waals surface area (Å²) in [6, 6.07) is -0.945. The van der Waals surface area contributed by atoms with Crippen LogP contribution in [0.3, 0.4) is 0 Å². The lowest BCUT2D eigenvalue weighted by Crippen LogP contribution is -2.70. The zero-order chi connectivity index (χ0) is 25.8. The average molecular weight is 536 g/mol. The molecule has 0 aromatic carbocycles. The third kappa shape index (κ3) is 4.98. The Hall–Kier alpha value is -1.14. The van der Waals surface area contributed by atoms with Crippen molar-refractivity contribution >= 4 is 23.5 Å². The van der Waals surface area contributed by atoms with Gasteiger partial charge >= 0.3 is 12.1 Å². The molecule has 5 fully saturated rings. The number of carboxylic acid groups (broad SMARTS) is 1. The molecule has 4 unspecified atom stereocenters. The van der Waals surface area contributed by atoms with E-state index in [1.165, 1.54) is 7.05 Å². The van der Waals surface area contributed by atoms with E-state index in [2.05, 4.69) is 20.7 Å². The number of hydrazine groups is 1. The molecule has 2 aliphatic carbocycles. The Morgan fingerprint density at radius 1 is 1.06 bits per heavy atom. The molecular formula is C24H37ClF3N5O3. The number of likely N-dealkylation sites (tertiary alicyclic amines) is 1. The zero-order valence-corrected chi connectivity index (χ0v) is 21.3. The van der Waals surface area contributed by atoms with Crippen LogP contribution in [0.4, 0.5) is 13.2 Å². The van der Waals surface area contributed by atoms with Crippen LogP contribution in [-0.2, 0) is 9.59 Å². The summed E-state index contributed by atoms with van der Waals surface area (Å²) < 4.78 is 42.6. The van der Waals surface area contributed by atoms with Crippen LogP contribution in [0, 0.1) is 17.8 Å². The van der Waals surface area contributed by atoms with Gasteiger partial charge in [-0.15, -0.1) is 11.6 Å². The second-order valence-corrected chi connectivity index (χ2v) is 11.9. The Labute approximate surface area is 214 Å². The van der Waals surface area contributed by atoms with E-state index in [1.54, 1.807) is 0 Å². The number of carbonyl (C=O) groups is 2. The summed E-state index contributed by atoms with van der Waals surface area (Å²) in [7, 11) is 1.24. The van der Waals surface area contributed by atoms with E-state index in [4.69, 9.17) is 16.7 Å². The maximum Gasteiger partial charge on any atom is 0.409 e. The fourth-order valence-corrected chi connectivity index (χ4v) is 7.75. The molecular weight excluding hydrogens is 499 g/mol. The quantitative estimate of drug-likeness (QED) is 0.368. The minimum atomic E-state index is -4.52. The summed E-state index contributed by atoms with van der Waals surface area (Å²) in [4.78, 5) is 27.2. The lowest BCUT2D eigenvalue weighted by atomic mass is 9.73. The van der Waals surface area contributed by atoms with Crippen LogP contribution >= 0.6 is 11.6 Å². The first-order valence-electron chi connectivity index (χ1n) is 13.3. The summed E-state index contributed by atoms with van der Waals surface area (Å²) in [5, 5.41) is 14.9. The number of piperidine rings is 1. The Bertz CT molecular complexity index is 836. The largest absolute Gasteiger partial charge is 0.481 e. The van der Waals surface area contributed by atoms with E-state index < -0.39 is 41.8 Å². The molecule has 8 nitrogen and oxygen atoms in total. The predicted octanol–water partition coefficient (Wildman–Crippen LogP) is 2.58. The summed E-state index contributed by atoms with van der Waals surface area (Å²) in [5.74, 6) is -3.46. The van der Waals surface area contributed by atoms with Gasteiger partial charge in [0.25, 0.3) is 0 Å². The number of halogens is 4. The van der Waals surface area contributed by atoms with Gasteiger partial charge in [0.1, 0.15) is 6.04 Å². The Kier molecular flexibility index (Phi) is 7.50. The van der Waals surface area contributed by atoms with Crippen LogP contribution in [0.15, 0.2) is 0 Å². The van der Waals surface area contributed by atoms with E-state index in [0.717, 1.165) is 37.3 Å². The first-order valence-corrected chi connectivity index (χ1v) is 13.7. The van der Waals surface area contributed by atoms with Gasteiger partial charge < -0.3 is 10.0 Å². The van der Waals surface area contributed by atoms with Gasteiger partial charge in [0.05, 0.1) is 17.6 Å². The molecule has 12 heteroatoms. The normalized spacial score (nSPS) is 40.6. The highest BCUT2D eigenvalue weighted by atomic mass is 35.5. The van der Waals surface area contributed by atoms with Crippen molar-refractivity contribution in [2.45, 2.75) is 99.8 Å². The summed E-state index contributed by atoms with van der Waals surface area (Å²) in [6.07, 6.45) is 1.15. The topological polar surface area (TPSA) is 88.1 Å². The number of rotatable bonds is 5. The molecule has 204 valence electrons. The average Bonchev–Trinajstić information content (AvgIpc) is 3.17. The van der Waals surface area contributed by atoms with E-state index in [-0.39, 0.29) is 30.6 Å². The molecule has 3 saturated heterocycles. The van der Waals surface area contributed by atoms with E-state index >= 15 is 0 Å². The molecule has 0 aromatic rings. The van der Waals surface area contributed by atoms with Crippen molar-refractivity contribution in [2.75, 3.05) is 20.1 Å². The van der Waals surface area contributed by atoms with Crippen molar-refractivity contribution in [3.63, 3.8) is 0 Å². The molecule has 5 rings (SSSR count). The SMILES string of the molecule is CN(C(=O)C1CC(C(=O)O)C1)[C@@H](C1CCC(N2CCCC3C2CNC2CC(Cl)NN23)CC1)C(F)(F)F. The third-order valence-corrected chi connectivity index (χ3v) is 9.63. The number of nitrogens with one attached hydrogen (secondary N) is 2. The molecule has 1 amide bonds. The van der Waals surface area contributed by atoms with E-state index in [1.807, 2.05) is 0 Å². The summed E-state index contributed by atoms with van der Waals surface area (Å²) >= 11 is 6.33. The summed E-state index contributed by atoms with van der Waals surface area (Å²) in [6.45, 7) is 1.81. The smallest absolute Gasteiger partial charge is 0.409 e. The van der Waals surface area contributed by atoms with Crippen molar-refractivity contribution < 1.29 is 27.9 Å². The minimum Gasteiger partial charge on any atom is -0.481 e. The molecule has 5 aliphatic rings.